The van der Waals surface area contributed by atoms with Crippen molar-refractivity contribution in [1.82, 2.24) is 0 Å². The van der Waals surface area contributed by atoms with Gasteiger partial charge in [0, 0.05) is 5.39 Å². The Hall–Kier alpha value is -2.87. The van der Waals surface area contributed by atoms with Crippen LogP contribution in [0, 0.1) is 5.82 Å². The van der Waals surface area contributed by atoms with Gasteiger partial charge in [-0.3, -0.25) is 4.72 Å². The van der Waals surface area contributed by atoms with E-state index in [4.69, 9.17) is 9.15 Å². The summed E-state index contributed by atoms with van der Waals surface area (Å²) in [7, 11) is -3.81. The molecule has 1 N–H and O–H groups in total. The zero-order chi connectivity index (χ0) is 17.9. The van der Waals surface area contributed by atoms with Gasteiger partial charge in [-0.05, 0) is 36.4 Å². The average Bonchev–Trinajstić information content (AvgIpc) is 2.57. The van der Waals surface area contributed by atoms with Crippen LogP contribution in [0.2, 0.25) is 0 Å². The first-order valence-corrected chi connectivity index (χ1v) is 9.00. The summed E-state index contributed by atoms with van der Waals surface area (Å²) in [5.41, 5.74) is -0.572. The van der Waals surface area contributed by atoms with E-state index in [-0.39, 0.29) is 18.0 Å². The lowest BCUT2D eigenvalue weighted by Gasteiger charge is -2.09. The molecule has 0 aliphatic carbocycles. The predicted molar refractivity (Wildman–Crippen MR) is 91.8 cm³/mol. The second-order valence-electron chi connectivity index (χ2n) is 5.21. The van der Waals surface area contributed by atoms with E-state index in [0.717, 1.165) is 0 Å². The molecule has 2 aromatic carbocycles. The van der Waals surface area contributed by atoms with Crippen LogP contribution in [0.1, 0.15) is 0 Å². The van der Waals surface area contributed by atoms with Gasteiger partial charge >= 0.3 is 5.63 Å². The largest absolute Gasteiger partial charge is 0.492 e. The molecule has 0 unspecified atom stereocenters. The van der Waals surface area contributed by atoms with Gasteiger partial charge in [-0.15, -0.1) is 0 Å². The first-order valence-electron chi connectivity index (χ1n) is 7.35. The fourth-order valence-corrected chi connectivity index (χ4v) is 3.03. The number of rotatable bonds is 6. The molecule has 1 aromatic heterocycles. The minimum Gasteiger partial charge on any atom is -0.492 e. The molecule has 0 aliphatic rings. The highest BCUT2D eigenvalue weighted by molar-refractivity contribution is 7.92. The molecule has 0 saturated heterocycles. The Morgan fingerprint density at radius 2 is 1.80 bits per heavy atom. The summed E-state index contributed by atoms with van der Waals surface area (Å²) in [5.74, 6) is -0.442. The summed E-state index contributed by atoms with van der Waals surface area (Å²) >= 11 is 0. The third-order valence-corrected chi connectivity index (χ3v) is 4.58. The average molecular weight is 363 g/mol. The van der Waals surface area contributed by atoms with Crippen LogP contribution < -0.4 is 15.1 Å². The maximum Gasteiger partial charge on any atom is 0.360 e. The molecule has 8 heteroatoms. The minimum atomic E-state index is -3.81. The molecule has 0 bridgehead atoms. The SMILES string of the molecule is O=c1oc2ccccc2cc1NS(=O)(=O)CCOc1ccc(F)cc1. The maximum atomic E-state index is 12.8. The molecule has 0 amide bonds. The number of fused-ring (bicyclic) bond motifs is 1. The van der Waals surface area contributed by atoms with E-state index in [1.54, 1.807) is 24.3 Å². The number of ether oxygens (including phenoxy) is 1. The number of anilines is 1. The predicted octanol–water partition coefficient (Wildman–Crippen LogP) is 2.75. The van der Waals surface area contributed by atoms with E-state index in [9.17, 15) is 17.6 Å². The van der Waals surface area contributed by atoms with Gasteiger partial charge in [0.25, 0.3) is 0 Å². The van der Waals surface area contributed by atoms with Crippen LogP contribution in [-0.4, -0.2) is 20.8 Å². The van der Waals surface area contributed by atoms with Gasteiger partial charge in [0.15, 0.2) is 0 Å². The van der Waals surface area contributed by atoms with Crippen molar-refractivity contribution in [3.05, 3.63) is 70.8 Å². The molecule has 0 atom stereocenters. The molecule has 0 fully saturated rings. The molecule has 3 aromatic rings. The first-order chi connectivity index (χ1) is 11.9. The van der Waals surface area contributed by atoms with Crippen molar-refractivity contribution in [2.45, 2.75) is 0 Å². The summed E-state index contributed by atoms with van der Waals surface area (Å²) in [4.78, 5) is 11.9. The first kappa shape index (κ1) is 17.0. The number of hydrogen-bond donors (Lipinski definition) is 1. The van der Waals surface area contributed by atoms with Crippen LogP contribution in [0.4, 0.5) is 10.1 Å². The highest BCUT2D eigenvalue weighted by atomic mass is 32.2. The Balaban J connectivity index is 1.68. The Morgan fingerprint density at radius 3 is 2.56 bits per heavy atom. The van der Waals surface area contributed by atoms with Crippen LogP contribution >= 0.6 is 0 Å². The number of halogens is 1. The Bertz CT molecular complexity index is 1040. The van der Waals surface area contributed by atoms with Crippen molar-refractivity contribution >= 4 is 26.7 Å². The fourth-order valence-electron chi connectivity index (χ4n) is 2.15. The van der Waals surface area contributed by atoms with Crippen LogP contribution in [0.15, 0.2) is 63.8 Å². The quantitative estimate of drug-likeness (QED) is 0.681. The summed E-state index contributed by atoms with van der Waals surface area (Å²) < 4.78 is 49.5. The molecule has 25 heavy (non-hydrogen) atoms. The van der Waals surface area contributed by atoms with Crippen molar-refractivity contribution < 1.29 is 22.0 Å². The molecule has 130 valence electrons. The van der Waals surface area contributed by atoms with E-state index in [1.165, 1.54) is 30.3 Å². The smallest absolute Gasteiger partial charge is 0.360 e. The molecule has 0 saturated carbocycles. The third kappa shape index (κ3) is 4.36. The van der Waals surface area contributed by atoms with Gasteiger partial charge < -0.3 is 9.15 Å². The second-order valence-corrected chi connectivity index (χ2v) is 7.05. The van der Waals surface area contributed by atoms with Gasteiger partial charge in [-0.2, -0.15) is 0 Å². The summed E-state index contributed by atoms with van der Waals surface area (Å²) in [6.45, 7) is -0.153. The molecule has 3 rings (SSSR count). The van der Waals surface area contributed by atoms with Crippen molar-refractivity contribution in [2.75, 3.05) is 17.1 Å². The van der Waals surface area contributed by atoms with Crippen molar-refractivity contribution in [2.24, 2.45) is 0 Å². The summed E-state index contributed by atoms with van der Waals surface area (Å²) in [5, 5.41) is 0.599. The maximum absolute atomic E-state index is 12.8. The van der Waals surface area contributed by atoms with Crippen LogP contribution in [0.3, 0.4) is 0 Å². The molecule has 6 nitrogen and oxygen atoms in total. The number of benzene rings is 2. The number of sulfonamides is 1. The lowest BCUT2D eigenvalue weighted by Crippen LogP contribution is -2.24. The third-order valence-electron chi connectivity index (χ3n) is 3.34. The molecule has 0 aliphatic heterocycles. The van der Waals surface area contributed by atoms with E-state index >= 15 is 0 Å². The van der Waals surface area contributed by atoms with Gasteiger partial charge in [-0.25, -0.2) is 17.6 Å². The molecular weight excluding hydrogens is 349 g/mol. The summed E-state index contributed by atoms with van der Waals surface area (Å²) in [6.07, 6.45) is 0. The Labute approximate surface area is 142 Å². The standard InChI is InChI=1S/C17H14FNO5S/c18-13-5-7-14(8-6-13)23-9-10-25(21,22)19-15-11-12-3-1-2-4-16(12)24-17(15)20/h1-8,11,19H,9-10H2. The van der Waals surface area contributed by atoms with E-state index in [2.05, 4.69) is 4.72 Å². The van der Waals surface area contributed by atoms with Crippen molar-refractivity contribution in [3.8, 4) is 5.75 Å². The van der Waals surface area contributed by atoms with Gasteiger partial charge in [0.2, 0.25) is 10.0 Å². The van der Waals surface area contributed by atoms with Crippen LogP contribution in [0.5, 0.6) is 5.75 Å². The summed E-state index contributed by atoms with van der Waals surface area (Å²) in [6, 6.07) is 13.4. The van der Waals surface area contributed by atoms with E-state index in [0.29, 0.717) is 16.7 Å². The van der Waals surface area contributed by atoms with Gasteiger partial charge in [-0.1, -0.05) is 18.2 Å². The molecular formula is C17H14FNO5S. The minimum absolute atomic E-state index is 0.153. The molecule has 0 radical (unpaired) electrons. The number of para-hydroxylation sites is 1. The lowest BCUT2D eigenvalue weighted by molar-refractivity contribution is 0.340. The van der Waals surface area contributed by atoms with Crippen molar-refractivity contribution in [3.63, 3.8) is 0 Å². The van der Waals surface area contributed by atoms with Crippen LogP contribution in [-0.2, 0) is 10.0 Å². The number of hydrogen-bond acceptors (Lipinski definition) is 5. The van der Waals surface area contributed by atoms with E-state index in [1.807, 2.05) is 0 Å². The molecule has 0 spiro atoms. The number of nitrogens with one attached hydrogen (secondary N) is 1. The fraction of sp³-hybridized carbons (Fsp3) is 0.118. The van der Waals surface area contributed by atoms with Crippen LogP contribution in [0.25, 0.3) is 11.0 Å². The van der Waals surface area contributed by atoms with Gasteiger partial charge in [0.1, 0.15) is 35.2 Å². The lowest BCUT2D eigenvalue weighted by atomic mass is 10.2. The highest BCUT2D eigenvalue weighted by Gasteiger charge is 2.15. The highest BCUT2D eigenvalue weighted by Crippen LogP contribution is 2.16. The zero-order valence-corrected chi connectivity index (χ0v) is 13.8. The van der Waals surface area contributed by atoms with E-state index < -0.39 is 21.5 Å². The van der Waals surface area contributed by atoms with Gasteiger partial charge in [0.05, 0.1) is 0 Å². The topological polar surface area (TPSA) is 85.6 Å². The molecule has 1 heterocycles. The zero-order valence-electron chi connectivity index (χ0n) is 12.9. The monoisotopic (exact) mass is 363 g/mol. The normalized spacial score (nSPS) is 11.4. The Kier molecular flexibility index (Phi) is 4.71. The Morgan fingerprint density at radius 1 is 1.08 bits per heavy atom. The van der Waals surface area contributed by atoms with Crippen molar-refractivity contribution in [1.29, 1.82) is 0 Å². The second kappa shape index (κ2) is 6.94.